The van der Waals surface area contributed by atoms with Crippen LogP contribution in [0.25, 0.3) is 17.0 Å². The number of hydrogen-bond donors (Lipinski definition) is 0. The lowest BCUT2D eigenvalue weighted by atomic mass is 10.0. The molecule has 1 aromatic heterocycles. The van der Waals surface area contributed by atoms with Gasteiger partial charge in [0.1, 0.15) is 0 Å². The van der Waals surface area contributed by atoms with E-state index in [4.69, 9.17) is 0 Å². The number of rotatable bonds is 3. The molecule has 1 saturated heterocycles. The third-order valence-corrected chi connectivity index (χ3v) is 5.58. The fourth-order valence-corrected chi connectivity index (χ4v) is 4.07. The van der Waals surface area contributed by atoms with Crippen LogP contribution in [0, 0.1) is 6.92 Å². The number of para-hydroxylation sites is 1. The number of carbonyl (C=O) groups is 2. The summed E-state index contributed by atoms with van der Waals surface area (Å²) < 4.78 is 2.08. The van der Waals surface area contributed by atoms with E-state index in [2.05, 4.69) is 23.6 Å². The highest BCUT2D eigenvalue weighted by atomic mass is 16.2. The van der Waals surface area contributed by atoms with Gasteiger partial charge in [0, 0.05) is 23.6 Å². The smallest absolute Gasteiger partial charge is 0.261 e. The lowest BCUT2D eigenvalue weighted by molar-refractivity contribution is -0.137. The number of aromatic nitrogens is 1. The molecule has 4 heteroatoms. The number of nitrogens with zero attached hydrogens (tertiary/aromatic N) is 2. The van der Waals surface area contributed by atoms with E-state index in [1.807, 2.05) is 69.4 Å². The lowest BCUT2D eigenvalue weighted by Gasteiger charge is -2.13. The van der Waals surface area contributed by atoms with Crippen molar-refractivity contribution in [2.75, 3.05) is 0 Å². The minimum atomic E-state index is -0.236. The second-order valence-electron chi connectivity index (χ2n) is 7.70. The van der Waals surface area contributed by atoms with Gasteiger partial charge in [0.2, 0.25) is 0 Å². The van der Waals surface area contributed by atoms with E-state index in [0.717, 1.165) is 33.3 Å². The van der Waals surface area contributed by atoms with Gasteiger partial charge in [-0.3, -0.25) is 14.5 Å². The SMILES string of the molecule is CC(C)=C1C(=O)N(Cc2ccccc2)C(=O)/C1=C/c1c(C)c2ccccc2n1C. The van der Waals surface area contributed by atoms with Crippen LogP contribution in [-0.4, -0.2) is 21.3 Å². The highest BCUT2D eigenvalue weighted by molar-refractivity contribution is 6.26. The second-order valence-corrected chi connectivity index (χ2v) is 7.70. The van der Waals surface area contributed by atoms with Crippen molar-refractivity contribution in [3.63, 3.8) is 0 Å². The van der Waals surface area contributed by atoms with Gasteiger partial charge in [-0.2, -0.15) is 0 Å². The molecule has 0 aliphatic carbocycles. The molecular weight excluding hydrogens is 360 g/mol. The molecule has 3 aromatic rings. The van der Waals surface area contributed by atoms with Crippen LogP contribution in [0.15, 0.2) is 71.3 Å². The minimum Gasteiger partial charge on any atom is -0.344 e. The first-order valence-electron chi connectivity index (χ1n) is 9.74. The fourth-order valence-electron chi connectivity index (χ4n) is 4.07. The van der Waals surface area contributed by atoms with E-state index >= 15 is 0 Å². The van der Waals surface area contributed by atoms with Gasteiger partial charge in [0.05, 0.1) is 17.7 Å². The van der Waals surface area contributed by atoms with Gasteiger partial charge in [-0.25, -0.2) is 0 Å². The Morgan fingerprint density at radius 3 is 2.24 bits per heavy atom. The maximum atomic E-state index is 13.3. The Bertz CT molecular complexity index is 1150. The van der Waals surface area contributed by atoms with E-state index in [-0.39, 0.29) is 18.4 Å². The van der Waals surface area contributed by atoms with Crippen molar-refractivity contribution >= 4 is 28.8 Å². The normalized spacial score (nSPS) is 15.8. The predicted octanol–water partition coefficient (Wildman–Crippen LogP) is 4.78. The Labute approximate surface area is 170 Å². The number of imide groups is 1. The molecule has 4 rings (SSSR count). The largest absolute Gasteiger partial charge is 0.344 e. The molecule has 29 heavy (non-hydrogen) atoms. The fraction of sp³-hybridized carbons (Fsp3) is 0.200. The minimum absolute atomic E-state index is 0.221. The number of amides is 2. The van der Waals surface area contributed by atoms with Gasteiger partial charge in [0.15, 0.2) is 0 Å². The summed E-state index contributed by atoms with van der Waals surface area (Å²) in [5.41, 5.74) is 5.92. The van der Waals surface area contributed by atoms with Crippen LogP contribution in [-0.2, 0) is 23.2 Å². The topological polar surface area (TPSA) is 42.3 Å². The summed E-state index contributed by atoms with van der Waals surface area (Å²) in [5, 5.41) is 1.15. The molecule has 146 valence electrons. The highest BCUT2D eigenvalue weighted by Crippen LogP contribution is 2.33. The maximum Gasteiger partial charge on any atom is 0.261 e. The molecule has 2 aromatic carbocycles. The third-order valence-electron chi connectivity index (χ3n) is 5.58. The Balaban J connectivity index is 1.83. The summed E-state index contributed by atoms with van der Waals surface area (Å²) in [5.74, 6) is -0.457. The van der Waals surface area contributed by atoms with Crippen LogP contribution in [0.5, 0.6) is 0 Å². The number of hydrogen-bond acceptors (Lipinski definition) is 2. The van der Waals surface area contributed by atoms with Crippen molar-refractivity contribution in [3.8, 4) is 0 Å². The van der Waals surface area contributed by atoms with E-state index in [9.17, 15) is 9.59 Å². The van der Waals surface area contributed by atoms with Crippen LogP contribution in [0.2, 0.25) is 0 Å². The number of likely N-dealkylation sites (tertiary alicyclic amines) is 1. The summed E-state index contributed by atoms with van der Waals surface area (Å²) in [6, 6.07) is 17.8. The average Bonchev–Trinajstić information content (AvgIpc) is 3.09. The van der Waals surface area contributed by atoms with Crippen molar-refractivity contribution in [3.05, 3.63) is 88.1 Å². The quantitative estimate of drug-likeness (QED) is 0.482. The lowest BCUT2D eigenvalue weighted by Crippen LogP contribution is -2.29. The van der Waals surface area contributed by atoms with Gasteiger partial charge in [-0.15, -0.1) is 0 Å². The first-order valence-corrected chi connectivity index (χ1v) is 9.74. The van der Waals surface area contributed by atoms with Crippen molar-refractivity contribution in [2.24, 2.45) is 7.05 Å². The molecule has 2 amide bonds. The number of carbonyl (C=O) groups excluding carboxylic acids is 2. The summed E-state index contributed by atoms with van der Waals surface area (Å²) >= 11 is 0. The monoisotopic (exact) mass is 384 g/mol. The molecule has 0 bridgehead atoms. The van der Waals surface area contributed by atoms with Crippen molar-refractivity contribution in [1.29, 1.82) is 0 Å². The van der Waals surface area contributed by atoms with Crippen LogP contribution >= 0.6 is 0 Å². The van der Waals surface area contributed by atoms with Gasteiger partial charge < -0.3 is 4.57 Å². The van der Waals surface area contributed by atoms with Crippen LogP contribution < -0.4 is 0 Å². The Kier molecular flexibility index (Phi) is 4.71. The van der Waals surface area contributed by atoms with Crippen LogP contribution in [0.4, 0.5) is 0 Å². The Morgan fingerprint density at radius 2 is 1.59 bits per heavy atom. The maximum absolute atomic E-state index is 13.3. The van der Waals surface area contributed by atoms with E-state index < -0.39 is 0 Å². The molecule has 1 aliphatic rings. The van der Waals surface area contributed by atoms with Crippen LogP contribution in [0.1, 0.15) is 30.7 Å². The molecule has 4 nitrogen and oxygen atoms in total. The Morgan fingerprint density at radius 1 is 0.931 bits per heavy atom. The van der Waals surface area contributed by atoms with Crippen LogP contribution in [0.3, 0.4) is 0 Å². The zero-order valence-electron chi connectivity index (χ0n) is 17.2. The molecule has 0 N–H and O–H groups in total. The summed E-state index contributed by atoms with van der Waals surface area (Å²) in [6.07, 6.45) is 1.88. The van der Waals surface area contributed by atoms with Gasteiger partial charge in [-0.1, -0.05) is 54.1 Å². The van der Waals surface area contributed by atoms with E-state index in [1.54, 1.807) is 0 Å². The first-order chi connectivity index (χ1) is 13.9. The molecule has 0 spiro atoms. The average molecular weight is 384 g/mol. The van der Waals surface area contributed by atoms with Gasteiger partial charge >= 0.3 is 0 Å². The number of fused-ring (bicyclic) bond motifs is 1. The molecule has 0 atom stereocenters. The zero-order valence-corrected chi connectivity index (χ0v) is 17.2. The number of benzene rings is 2. The first kappa shape index (κ1) is 18.9. The molecule has 0 radical (unpaired) electrons. The van der Waals surface area contributed by atoms with Crippen molar-refractivity contribution in [1.82, 2.24) is 9.47 Å². The molecule has 1 aliphatic heterocycles. The Hall–Kier alpha value is -3.40. The molecule has 2 heterocycles. The zero-order chi connectivity index (χ0) is 20.7. The molecule has 0 saturated carbocycles. The summed E-state index contributed by atoms with van der Waals surface area (Å²) in [6.45, 7) is 6.10. The van der Waals surface area contributed by atoms with Gasteiger partial charge in [0.25, 0.3) is 11.8 Å². The third kappa shape index (κ3) is 3.11. The van der Waals surface area contributed by atoms with E-state index in [0.29, 0.717) is 11.1 Å². The number of allylic oxidation sites excluding steroid dienone is 1. The summed E-state index contributed by atoms with van der Waals surface area (Å²) in [7, 11) is 1.99. The highest BCUT2D eigenvalue weighted by Gasteiger charge is 2.39. The predicted molar refractivity (Wildman–Crippen MR) is 116 cm³/mol. The molecule has 0 unspecified atom stereocenters. The van der Waals surface area contributed by atoms with Crippen molar-refractivity contribution in [2.45, 2.75) is 27.3 Å². The number of aryl methyl sites for hydroxylation is 2. The van der Waals surface area contributed by atoms with Gasteiger partial charge in [-0.05, 0) is 44.0 Å². The van der Waals surface area contributed by atoms with E-state index in [1.165, 1.54) is 4.90 Å². The molecule has 1 fully saturated rings. The molecular formula is C25H24N2O2. The standard InChI is InChI=1S/C25H24N2O2/c1-16(2)23-20(14-22-17(3)19-12-8-9-13-21(19)26(22)4)24(28)27(25(23)29)15-18-10-6-5-7-11-18/h5-14H,15H2,1-4H3/b20-14+. The van der Waals surface area contributed by atoms with Crippen molar-refractivity contribution < 1.29 is 9.59 Å². The summed E-state index contributed by atoms with van der Waals surface area (Å²) in [4.78, 5) is 27.7. The second kappa shape index (κ2) is 7.21.